The fourth-order valence-electron chi connectivity index (χ4n) is 2.23. The van der Waals surface area contributed by atoms with Crippen molar-refractivity contribution in [1.29, 1.82) is 0 Å². The van der Waals surface area contributed by atoms with Gasteiger partial charge in [0.15, 0.2) is 0 Å². The fraction of sp³-hybridized carbons (Fsp3) is 0.412. The van der Waals surface area contributed by atoms with Crippen molar-refractivity contribution < 1.29 is 0 Å². The van der Waals surface area contributed by atoms with E-state index < -0.39 is 0 Å². The molecule has 0 atom stereocenters. The Morgan fingerprint density at radius 2 is 1.95 bits per heavy atom. The lowest BCUT2D eigenvalue weighted by Crippen LogP contribution is -2.22. The molecule has 1 aromatic heterocycles. The van der Waals surface area contributed by atoms with Crippen LogP contribution in [0.3, 0.4) is 0 Å². The lowest BCUT2D eigenvalue weighted by molar-refractivity contribution is 0.322. The van der Waals surface area contributed by atoms with Gasteiger partial charge < -0.3 is 5.32 Å². The van der Waals surface area contributed by atoms with Crippen molar-refractivity contribution in [3.05, 3.63) is 56.2 Å². The highest BCUT2D eigenvalue weighted by molar-refractivity contribution is 9.10. The standard InChI is InChI=1S/C17H23BrN2S/c1-13(2)19-9-14-5-4-6-15(7-14)10-20(3)11-17-8-16(18)12-21-17/h4-8,12-13,19H,9-11H2,1-3H3. The first-order chi connectivity index (χ1) is 10.0. The SMILES string of the molecule is CC(C)NCc1cccc(CN(C)Cc2cc(Br)cs2)c1. The summed E-state index contributed by atoms with van der Waals surface area (Å²) in [5, 5.41) is 5.61. The van der Waals surface area contributed by atoms with Crippen molar-refractivity contribution in [3.63, 3.8) is 0 Å². The first-order valence-corrected chi connectivity index (χ1v) is 8.93. The molecule has 0 saturated carbocycles. The molecule has 0 spiro atoms. The average molecular weight is 367 g/mol. The Balaban J connectivity index is 1.91. The molecule has 0 aliphatic rings. The summed E-state index contributed by atoms with van der Waals surface area (Å²) in [6.45, 7) is 7.26. The van der Waals surface area contributed by atoms with E-state index >= 15 is 0 Å². The maximum absolute atomic E-state index is 3.51. The molecule has 0 radical (unpaired) electrons. The molecule has 0 unspecified atom stereocenters. The van der Waals surface area contributed by atoms with Crippen molar-refractivity contribution in [2.24, 2.45) is 0 Å². The largest absolute Gasteiger partial charge is 0.310 e. The highest BCUT2D eigenvalue weighted by Crippen LogP contribution is 2.21. The lowest BCUT2D eigenvalue weighted by Gasteiger charge is -2.16. The quantitative estimate of drug-likeness (QED) is 0.767. The number of halogens is 1. The molecule has 0 saturated heterocycles. The topological polar surface area (TPSA) is 15.3 Å². The Morgan fingerprint density at radius 3 is 2.62 bits per heavy atom. The minimum absolute atomic E-state index is 0.522. The van der Waals surface area contributed by atoms with E-state index in [4.69, 9.17) is 0 Å². The van der Waals surface area contributed by atoms with Crippen molar-refractivity contribution in [2.75, 3.05) is 7.05 Å². The van der Waals surface area contributed by atoms with E-state index in [0.717, 1.165) is 19.6 Å². The summed E-state index contributed by atoms with van der Waals surface area (Å²) in [5.74, 6) is 0. The summed E-state index contributed by atoms with van der Waals surface area (Å²) in [5.41, 5.74) is 2.73. The van der Waals surface area contributed by atoms with Crippen molar-refractivity contribution in [1.82, 2.24) is 10.2 Å². The summed E-state index contributed by atoms with van der Waals surface area (Å²) >= 11 is 5.32. The molecular weight excluding hydrogens is 344 g/mol. The summed E-state index contributed by atoms with van der Waals surface area (Å²) in [7, 11) is 2.17. The van der Waals surface area contributed by atoms with Gasteiger partial charge in [0.1, 0.15) is 0 Å². The molecule has 21 heavy (non-hydrogen) atoms. The normalized spacial score (nSPS) is 11.5. The minimum Gasteiger partial charge on any atom is -0.310 e. The summed E-state index contributed by atoms with van der Waals surface area (Å²) in [6.07, 6.45) is 0. The van der Waals surface area contributed by atoms with Gasteiger partial charge in [-0.1, -0.05) is 38.1 Å². The first-order valence-electron chi connectivity index (χ1n) is 7.25. The molecule has 2 nitrogen and oxygen atoms in total. The number of nitrogens with one attached hydrogen (secondary N) is 1. The highest BCUT2D eigenvalue weighted by Gasteiger charge is 2.05. The summed E-state index contributed by atoms with van der Waals surface area (Å²) < 4.78 is 1.18. The number of thiophene rings is 1. The van der Waals surface area contributed by atoms with E-state index in [0.29, 0.717) is 6.04 Å². The Kier molecular flexibility index (Phi) is 6.42. The predicted octanol–water partition coefficient (Wildman–Crippen LogP) is 4.64. The molecule has 114 valence electrons. The zero-order chi connectivity index (χ0) is 15.2. The summed E-state index contributed by atoms with van der Waals surface area (Å²) in [4.78, 5) is 3.75. The van der Waals surface area contributed by atoms with Gasteiger partial charge in [-0.05, 0) is 40.2 Å². The van der Waals surface area contributed by atoms with Gasteiger partial charge in [-0.2, -0.15) is 0 Å². The van der Waals surface area contributed by atoms with E-state index in [-0.39, 0.29) is 0 Å². The molecule has 4 heteroatoms. The van der Waals surface area contributed by atoms with Gasteiger partial charge in [-0.15, -0.1) is 11.3 Å². The molecule has 1 aromatic carbocycles. The molecule has 2 rings (SSSR count). The van der Waals surface area contributed by atoms with Crippen LogP contribution in [0.2, 0.25) is 0 Å². The van der Waals surface area contributed by atoms with Crippen LogP contribution in [0.4, 0.5) is 0 Å². The Morgan fingerprint density at radius 1 is 1.19 bits per heavy atom. The van der Waals surface area contributed by atoms with Crippen molar-refractivity contribution >= 4 is 27.3 Å². The molecule has 0 aliphatic heterocycles. The second-order valence-electron chi connectivity index (χ2n) is 5.76. The van der Waals surface area contributed by atoms with Gasteiger partial charge in [0.25, 0.3) is 0 Å². The van der Waals surface area contributed by atoms with Crippen molar-refractivity contribution in [2.45, 2.75) is 39.5 Å². The maximum atomic E-state index is 3.51. The van der Waals surface area contributed by atoms with E-state index in [1.165, 1.54) is 20.5 Å². The molecule has 2 aromatic rings. The molecule has 1 N–H and O–H groups in total. The van der Waals surface area contributed by atoms with Crippen LogP contribution in [-0.4, -0.2) is 18.0 Å². The third-order valence-corrected chi connectivity index (χ3v) is 4.89. The van der Waals surface area contributed by atoms with Crippen LogP contribution in [0, 0.1) is 0 Å². The zero-order valence-electron chi connectivity index (χ0n) is 12.9. The number of rotatable bonds is 7. The smallest absolute Gasteiger partial charge is 0.0328 e. The number of hydrogen-bond acceptors (Lipinski definition) is 3. The van der Waals surface area contributed by atoms with Crippen LogP contribution in [0.5, 0.6) is 0 Å². The number of benzene rings is 1. The van der Waals surface area contributed by atoms with Crippen LogP contribution in [0.1, 0.15) is 29.9 Å². The second kappa shape index (κ2) is 8.08. The van der Waals surface area contributed by atoms with Crippen LogP contribution >= 0.6 is 27.3 Å². The molecular formula is C17H23BrN2S. The van der Waals surface area contributed by atoms with Crippen LogP contribution in [0.15, 0.2) is 40.2 Å². The monoisotopic (exact) mass is 366 g/mol. The lowest BCUT2D eigenvalue weighted by atomic mass is 10.1. The van der Waals surface area contributed by atoms with E-state index in [2.05, 4.69) is 82.8 Å². The minimum atomic E-state index is 0.522. The van der Waals surface area contributed by atoms with E-state index in [9.17, 15) is 0 Å². The van der Waals surface area contributed by atoms with Gasteiger partial charge in [-0.3, -0.25) is 4.90 Å². The van der Waals surface area contributed by atoms with Crippen molar-refractivity contribution in [3.8, 4) is 0 Å². The molecule has 0 aliphatic carbocycles. The van der Waals surface area contributed by atoms with Gasteiger partial charge in [-0.25, -0.2) is 0 Å². The first kappa shape index (κ1) is 16.7. The zero-order valence-corrected chi connectivity index (χ0v) is 15.3. The highest BCUT2D eigenvalue weighted by atomic mass is 79.9. The predicted molar refractivity (Wildman–Crippen MR) is 95.6 cm³/mol. The van der Waals surface area contributed by atoms with E-state index in [1.54, 1.807) is 11.3 Å². The third-order valence-electron chi connectivity index (χ3n) is 3.21. The second-order valence-corrected chi connectivity index (χ2v) is 7.67. The summed E-state index contributed by atoms with van der Waals surface area (Å²) in [6, 6.07) is 11.6. The molecule has 1 heterocycles. The van der Waals surface area contributed by atoms with Gasteiger partial charge in [0.2, 0.25) is 0 Å². The van der Waals surface area contributed by atoms with E-state index in [1.807, 2.05) is 0 Å². The molecule has 0 amide bonds. The van der Waals surface area contributed by atoms with Crippen LogP contribution in [0.25, 0.3) is 0 Å². The third kappa shape index (κ3) is 5.91. The Hall–Kier alpha value is -0.680. The van der Waals surface area contributed by atoms with Gasteiger partial charge in [0, 0.05) is 40.4 Å². The number of nitrogens with zero attached hydrogens (tertiary/aromatic N) is 1. The van der Waals surface area contributed by atoms with Crippen LogP contribution in [-0.2, 0) is 19.6 Å². The number of hydrogen-bond donors (Lipinski definition) is 1. The Labute approximate surface area is 140 Å². The Bertz CT molecular complexity index is 565. The molecule has 0 bridgehead atoms. The molecule has 0 fully saturated rings. The fourth-order valence-corrected chi connectivity index (χ4v) is 3.76. The van der Waals surface area contributed by atoms with Gasteiger partial charge in [0.05, 0.1) is 0 Å². The van der Waals surface area contributed by atoms with Gasteiger partial charge >= 0.3 is 0 Å². The van der Waals surface area contributed by atoms with Crippen LogP contribution < -0.4 is 5.32 Å². The maximum Gasteiger partial charge on any atom is 0.0328 e. The average Bonchev–Trinajstić information content (AvgIpc) is 2.82.